The predicted molar refractivity (Wildman–Crippen MR) is 67.6 cm³/mol. The van der Waals surface area contributed by atoms with Crippen LogP contribution in [-0.2, 0) is 0 Å². The summed E-state index contributed by atoms with van der Waals surface area (Å²) in [5.41, 5.74) is 2.00. The van der Waals surface area contributed by atoms with Crippen LogP contribution >= 0.6 is 0 Å². The standard InChI is InChI=1S/C13H14N2O2/c16-8-4-13-14-6-7-15(13)11-2-1-3-12-10(11)5-9-17-12/h1-3,5,9,16H,4,6-8H2. The van der Waals surface area contributed by atoms with E-state index in [1.807, 2.05) is 18.2 Å². The van der Waals surface area contributed by atoms with E-state index in [-0.39, 0.29) is 6.61 Å². The molecule has 1 aliphatic heterocycles. The van der Waals surface area contributed by atoms with Gasteiger partial charge in [0.2, 0.25) is 0 Å². The van der Waals surface area contributed by atoms with Crippen molar-refractivity contribution in [2.45, 2.75) is 6.42 Å². The van der Waals surface area contributed by atoms with Crippen LogP contribution in [0.5, 0.6) is 0 Å². The topological polar surface area (TPSA) is 49.0 Å². The van der Waals surface area contributed by atoms with Gasteiger partial charge in [0.1, 0.15) is 11.4 Å². The number of rotatable bonds is 3. The first-order chi connectivity index (χ1) is 8.40. The van der Waals surface area contributed by atoms with Gasteiger partial charge >= 0.3 is 0 Å². The highest BCUT2D eigenvalue weighted by Gasteiger charge is 2.20. The second kappa shape index (κ2) is 4.22. The Hall–Kier alpha value is -1.81. The SMILES string of the molecule is OCCC1=NCCN1c1cccc2occc12. The lowest BCUT2D eigenvalue weighted by Gasteiger charge is -2.20. The number of nitrogens with zero attached hydrogens (tertiary/aromatic N) is 2. The molecule has 1 aliphatic rings. The normalized spacial score (nSPS) is 15.6. The molecule has 17 heavy (non-hydrogen) atoms. The van der Waals surface area contributed by atoms with E-state index in [0.29, 0.717) is 6.42 Å². The molecule has 0 radical (unpaired) electrons. The van der Waals surface area contributed by atoms with Gasteiger partial charge in [-0.25, -0.2) is 0 Å². The van der Waals surface area contributed by atoms with Gasteiger partial charge < -0.3 is 14.4 Å². The van der Waals surface area contributed by atoms with Crippen LogP contribution in [0, 0.1) is 0 Å². The molecule has 4 nitrogen and oxygen atoms in total. The third-order valence-corrected chi connectivity index (χ3v) is 3.03. The van der Waals surface area contributed by atoms with Crippen molar-refractivity contribution in [3.05, 3.63) is 30.5 Å². The molecule has 1 aromatic heterocycles. The van der Waals surface area contributed by atoms with Crippen molar-refractivity contribution < 1.29 is 9.52 Å². The van der Waals surface area contributed by atoms with Crippen molar-refractivity contribution in [1.82, 2.24) is 0 Å². The van der Waals surface area contributed by atoms with Crippen LogP contribution in [0.1, 0.15) is 6.42 Å². The molecule has 0 saturated heterocycles. The third kappa shape index (κ3) is 1.70. The van der Waals surface area contributed by atoms with Crippen molar-refractivity contribution in [3.63, 3.8) is 0 Å². The molecule has 0 atom stereocenters. The molecule has 1 aromatic carbocycles. The number of aliphatic imine (C=N–C) groups is 1. The van der Waals surface area contributed by atoms with Crippen LogP contribution < -0.4 is 4.90 Å². The smallest absolute Gasteiger partial charge is 0.135 e. The Labute approximate surface area is 99.2 Å². The summed E-state index contributed by atoms with van der Waals surface area (Å²) in [4.78, 5) is 6.59. The third-order valence-electron chi connectivity index (χ3n) is 3.03. The Balaban J connectivity index is 2.03. The van der Waals surface area contributed by atoms with E-state index in [1.165, 1.54) is 0 Å². The maximum absolute atomic E-state index is 9.04. The molecule has 0 aliphatic carbocycles. The monoisotopic (exact) mass is 230 g/mol. The van der Waals surface area contributed by atoms with Crippen molar-refractivity contribution in [2.24, 2.45) is 4.99 Å². The average molecular weight is 230 g/mol. The highest BCUT2D eigenvalue weighted by Crippen LogP contribution is 2.29. The number of furan rings is 1. The number of amidine groups is 1. The van der Waals surface area contributed by atoms with Gasteiger partial charge in [0.05, 0.1) is 25.1 Å². The summed E-state index contributed by atoms with van der Waals surface area (Å²) in [6, 6.07) is 7.98. The summed E-state index contributed by atoms with van der Waals surface area (Å²) in [7, 11) is 0. The van der Waals surface area contributed by atoms with E-state index in [1.54, 1.807) is 6.26 Å². The lowest BCUT2D eigenvalue weighted by Crippen LogP contribution is -2.28. The van der Waals surface area contributed by atoms with Crippen LogP contribution in [0.4, 0.5) is 5.69 Å². The van der Waals surface area contributed by atoms with Gasteiger partial charge in [-0.2, -0.15) is 0 Å². The van der Waals surface area contributed by atoms with Gasteiger partial charge in [0.15, 0.2) is 0 Å². The lowest BCUT2D eigenvalue weighted by molar-refractivity contribution is 0.306. The summed E-state index contributed by atoms with van der Waals surface area (Å²) >= 11 is 0. The zero-order chi connectivity index (χ0) is 11.7. The lowest BCUT2D eigenvalue weighted by atomic mass is 10.2. The molecule has 0 spiro atoms. The van der Waals surface area contributed by atoms with Crippen LogP contribution in [0.15, 0.2) is 39.9 Å². The molecule has 0 saturated carbocycles. The number of aliphatic hydroxyl groups excluding tert-OH is 1. The Bertz CT molecular complexity index is 559. The molecule has 88 valence electrons. The summed E-state index contributed by atoms with van der Waals surface area (Å²) in [5.74, 6) is 0.959. The van der Waals surface area contributed by atoms with Gasteiger partial charge in [-0.1, -0.05) is 6.07 Å². The Morgan fingerprint density at radius 1 is 1.35 bits per heavy atom. The van der Waals surface area contributed by atoms with E-state index in [9.17, 15) is 0 Å². The van der Waals surface area contributed by atoms with E-state index in [2.05, 4.69) is 16.0 Å². The molecule has 2 aromatic rings. The molecule has 0 fully saturated rings. The largest absolute Gasteiger partial charge is 0.464 e. The zero-order valence-electron chi connectivity index (χ0n) is 9.47. The number of anilines is 1. The second-order valence-electron chi connectivity index (χ2n) is 4.03. The molecule has 0 unspecified atom stereocenters. The number of hydrogen-bond donors (Lipinski definition) is 1. The number of fused-ring (bicyclic) bond motifs is 1. The molecular formula is C13H14N2O2. The highest BCUT2D eigenvalue weighted by molar-refractivity contribution is 6.05. The van der Waals surface area contributed by atoms with Gasteiger partial charge in [0, 0.05) is 18.4 Å². The van der Waals surface area contributed by atoms with Crippen molar-refractivity contribution in [1.29, 1.82) is 0 Å². The van der Waals surface area contributed by atoms with Crippen LogP contribution in [0.3, 0.4) is 0 Å². The summed E-state index contributed by atoms with van der Waals surface area (Å²) in [6.45, 7) is 1.81. The van der Waals surface area contributed by atoms with E-state index >= 15 is 0 Å². The molecule has 4 heteroatoms. The van der Waals surface area contributed by atoms with Gasteiger partial charge in [-0.15, -0.1) is 0 Å². The fourth-order valence-electron chi connectivity index (χ4n) is 2.28. The molecule has 0 bridgehead atoms. The second-order valence-corrected chi connectivity index (χ2v) is 4.03. The quantitative estimate of drug-likeness (QED) is 0.877. The number of aliphatic hydroxyl groups is 1. The van der Waals surface area contributed by atoms with Gasteiger partial charge in [0.25, 0.3) is 0 Å². The molecular weight excluding hydrogens is 216 g/mol. The Morgan fingerprint density at radius 2 is 2.29 bits per heavy atom. The molecule has 0 amide bonds. The fourth-order valence-corrected chi connectivity index (χ4v) is 2.28. The minimum atomic E-state index is 0.136. The van der Waals surface area contributed by atoms with Gasteiger partial charge in [-0.3, -0.25) is 4.99 Å². The summed E-state index contributed by atoms with van der Waals surface area (Å²) < 4.78 is 5.40. The van der Waals surface area contributed by atoms with E-state index < -0.39 is 0 Å². The van der Waals surface area contributed by atoms with Gasteiger partial charge in [-0.05, 0) is 18.2 Å². The maximum atomic E-state index is 9.04. The Kier molecular flexibility index (Phi) is 2.57. The van der Waals surface area contributed by atoms with Crippen molar-refractivity contribution in [3.8, 4) is 0 Å². The van der Waals surface area contributed by atoms with Crippen molar-refractivity contribution >= 4 is 22.5 Å². The van der Waals surface area contributed by atoms with Crippen LogP contribution in [-0.4, -0.2) is 30.6 Å². The zero-order valence-corrected chi connectivity index (χ0v) is 9.47. The van der Waals surface area contributed by atoms with Crippen LogP contribution in [0.2, 0.25) is 0 Å². The minimum absolute atomic E-state index is 0.136. The minimum Gasteiger partial charge on any atom is -0.464 e. The molecule has 1 N–H and O–H groups in total. The first-order valence-corrected chi connectivity index (χ1v) is 5.78. The average Bonchev–Trinajstić information content (AvgIpc) is 2.96. The van der Waals surface area contributed by atoms with Crippen LogP contribution in [0.25, 0.3) is 11.0 Å². The summed E-state index contributed by atoms with van der Waals surface area (Å²) in [5, 5.41) is 10.1. The first-order valence-electron chi connectivity index (χ1n) is 5.78. The highest BCUT2D eigenvalue weighted by atomic mass is 16.3. The molecule has 3 rings (SSSR count). The summed E-state index contributed by atoms with van der Waals surface area (Å²) in [6.07, 6.45) is 2.31. The molecule has 2 heterocycles. The van der Waals surface area contributed by atoms with Crippen molar-refractivity contribution in [2.75, 3.05) is 24.6 Å². The Morgan fingerprint density at radius 3 is 3.18 bits per heavy atom. The number of hydrogen-bond acceptors (Lipinski definition) is 4. The van der Waals surface area contributed by atoms with E-state index in [0.717, 1.165) is 35.6 Å². The predicted octanol–water partition coefficient (Wildman–Crippen LogP) is 2.03. The fraction of sp³-hybridized carbons (Fsp3) is 0.308. The number of benzene rings is 1. The van der Waals surface area contributed by atoms with E-state index in [4.69, 9.17) is 9.52 Å². The maximum Gasteiger partial charge on any atom is 0.135 e. The first kappa shape index (κ1) is 10.4.